The van der Waals surface area contributed by atoms with Crippen molar-refractivity contribution in [3.8, 4) is 0 Å². The van der Waals surface area contributed by atoms with Crippen molar-refractivity contribution in [2.24, 2.45) is 10.9 Å². The van der Waals surface area contributed by atoms with Gasteiger partial charge in [0.15, 0.2) is 0 Å². The first-order valence-corrected chi connectivity index (χ1v) is 8.49. The Morgan fingerprint density at radius 1 is 1.00 bits per heavy atom. The molecule has 2 amide bonds. The average Bonchev–Trinajstić information content (AvgIpc) is 2.49. The SMILES string of the molecule is Cc1cc(C(=O)Nc2ccc(C(N)=O)cc2)cc(S(N)(=O)=O)c1C. The predicted octanol–water partition coefficient (Wildman–Crippen LogP) is 1.30. The summed E-state index contributed by atoms with van der Waals surface area (Å²) in [7, 11) is -3.93. The zero-order valence-corrected chi connectivity index (χ0v) is 14.0. The van der Waals surface area contributed by atoms with Crippen LogP contribution in [0.25, 0.3) is 0 Å². The van der Waals surface area contributed by atoms with Crippen LogP contribution in [0.2, 0.25) is 0 Å². The summed E-state index contributed by atoms with van der Waals surface area (Å²) < 4.78 is 23.3. The molecule has 0 aliphatic rings. The Hall–Kier alpha value is -2.71. The van der Waals surface area contributed by atoms with Crippen LogP contribution >= 0.6 is 0 Å². The molecule has 0 heterocycles. The van der Waals surface area contributed by atoms with Gasteiger partial charge in [0.25, 0.3) is 5.91 Å². The third kappa shape index (κ3) is 3.79. The highest BCUT2D eigenvalue weighted by Crippen LogP contribution is 2.21. The zero-order chi connectivity index (χ0) is 18.1. The highest BCUT2D eigenvalue weighted by molar-refractivity contribution is 7.89. The van der Waals surface area contributed by atoms with Crippen LogP contribution in [0, 0.1) is 13.8 Å². The van der Waals surface area contributed by atoms with E-state index in [0.717, 1.165) is 0 Å². The van der Waals surface area contributed by atoms with E-state index in [0.29, 0.717) is 22.4 Å². The lowest BCUT2D eigenvalue weighted by Gasteiger charge is -2.11. The Balaban J connectivity index is 2.33. The molecule has 0 aliphatic heterocycles. The van der Waals surface area contributed by atoms with E-state index < -0.39 is 21.8 Å². The molecule has 2 rings (SSSR count). The smallest absolute Gasteiger partial charge is 0.255 e. The number of amides is 2. The molecular formula is C16H17N3O4S. The second-order valence-electron chi connectivity index (χ2n) is 5.36. The van der Waals surface area contributed by atoms with E-state index in [1.54, 1.807) is 19.9 Å². The van der Waals surface area contributed by atoms with Gasteiger partial charge in [-0.3, -0.25) is 9.59 Å². The maximum Gasteiger partial charge on any atom is 0.255 e. The fourth-order valence-electron chi connectivity index (χ4n) is 2.17. The van der Waals surface area contributed by atoms with Gasteiger partial charge in [-0.1, -0.05) is 0 Å². The Bertz CT molecular complexity index is 919. The molecule has 0 bridgehead atoms. The third-order valence-electron chi connectivity index (χ3n) is 3.62. The van der Waals surface area contributed by atoms with Gasteiger partial charge in [-0.05, 0) is 61.4 Å². The molecule has 126 valence electrons. The van der Waals surface area contributed by atoms with Crippen molar-refractivity contribution in [3.63, 3.8) is 0 Å². The number of aryl methyl sites for hydroxylation is 1. The van der Waals surface area contributed by atoms with Gasteiger partial charge in [-0.25, -0.2) is 13.6 Å². The topological polar surface area (TPSA) is 132 Å². The van der Waals surface area contributed by atoms with Gasteiger partial charge in [0, 0.05) is 16.8 Å². The molecule has 5 N–H and O–H groups in total. The van der Waals surface area contributed by atoms with Gasteiger partial charge in [0.1, 0.15) is 0 Å². The molecule has 0 aromatic heterocycles. The van der Waals surface area contributed by atoms with Crippen LogP contribution < -0.4 is 16.2 Å². The van der Waals surface area contributed by atoms with Crippen molar-refractivity contribution >= 4 is 27.5 Å². The number of rotatable bonds is 4. The Morgan fingerprint density at radius 2 is 1.58 bits per heavy atom. The molecule has 7 nitrogen and oxygen atoms in total. The number of anilines is 1. The van der Waals surface area contributed by atoms with Crippen LogP contribution in [0.1, 0.15) is 31.8 Å². The first-order valence-electron chi connectivity index (χ1n) is 6.95. The minimum absolute atomic E-state index is 0.0864. The molecule has 0 aliphatic carbocycles. The molecule has 2 aromatic rings. The van der Waals surface area contributed by atoms with Crippen LogP contribution in [0.4, 0.5) is 5.69 Å². The van der Waals surface area contributed by atoms with Crippen molar-refractivity contribution in [3.05, 3.63) is 58.7 Å². The quantitative estimate of drug-likeness (QED) is 0.769. The standard InChI is InChI=1S/C16H17N3O4S/c1-9-7-12(8-14(10(9)2)24(18,22)23)16(21)19-13-5-3-11(4-6-13)15(17)20/h3-8H,1-2H3,(H2,17,20)(H,19,21)(H2,18,22,23). The monoisotopic (exact) mass is 347 g/mol. The number of hydrogen-bond donors (Lipinski definition) is 3. The summed E-state index contributed by atoms with van der Waals surface area (Å²) in [6.45, 7) is 3.32. The summed E-state index contributed by atoms with van der Waals surface area (Å²) in [5, 5.41) is 7.81. The second kappa shape index (κ2) is 6.42. The highest BCUT2D eigenvalue weighted by Gasteiger charge is 2.17. The number of nitrogens with two attached hydrogens (primary N) is 2. The number of sulfonamides is 1. The van der Waals surface area contributed by atoms with Gasteiger partial charge in [0.2, 0.25) is 15.9 Å². The summed E-state index contributed by atoms with van der Waals surface area (Å²) in [6, 6.07) is 8.84. The lowest BCUT2D eigenvalue weighted by Crippen LogP contribution is -2.18. The molecule has 0 saturated carbocycles. The number of primary sulfonamides is 1. The van der Waals surface area contributed by atoms with Crippen molar-refractivity contribution in [2.75, 3.05) is 5.32 Å². The van der Waals surface area contributed by atoms with Gasteiger partial charge >= 0.3 is 0 Å². The van der Waals surface area contributed by atoms with E-state index >= 15 is 0 Å². The Labute approximate surface area is 139 Å². The van der Waals surface area contributed by atoms with Crippen molar-refractivity contribution in [1.29, 1.82) is 0 Å². The van der Waals surface area contributed by atoms with E-state index in [9.17, 15) is 18.0 Å². The zero-order valence-electron chi connectivity index (χ0n) is 13.2. The molecule has 0 fully saturated rings. The van der Waals surface area contributed by atoms with E-state index in [1.807, 2.05) is 0 Å². The van der Waals surface area contributed by atoms with Crippen molar-refractivity contribution < 1.29 is 18.0 Å². The van der Waals surface area contributed by atoms with Gasteiger partial charge < -0.3 is 11.1 Å². The molecule has 0 unspecified atom stereocenters. The minimum atomic E-state index is -3.93. The number of carbonyl (C=O) groups is 2. The van der Waals surface area contributed by atoms with E-state index in [2.05, 4.69) is 5.32 Å². The summed E-state index contributed by atoms with van der Waals surface area (Å²) >= 11 is 0. The van der Waals surface area contributed by atoms with Gasteiger partial charge in [0.05, 0.1) is 4.90 Å². The number of primary amides is 1. The molecule has 0 saturated heterocycles. The molecule has 8 heteroatoms. The predicted molar refractivity (Wildman–Crippen MR) is 90.2 cm³/mol. The van der Waals surface area contributed by atoms with Crippen molar-refractivity contribution in [1.82, 2.24) is 0 Å². The largest absolute Gasteiger partial charge is 0.366 e. The van der Waals surface area contributed by atoms with Gasteiger partial charge in [-0.2, -0.15) is 0 Å². The highest BCUT2D eigenvalue weighted by atomic mass is 32.2. The average molecular weight is 347 g/mol. The first-order chi connectivity index (χ1) is 11.1. The van der Waals surface area contributed by atoms with Gasteiger partial charge in [-0.15, -0.1) is 0 Å². The van der Waals surface area contributed by atoms with Crippen LogP contribution in [0.5, 0.6) is 0 Å². The third-order valence-corrected chi connectivity index (χ3v) is 4.65. The van der Waals surface area contributed by atoms with Crippen LogP contribution in [0.3, 0.4) is 0 Å². The van der Waals surface area contributed by atoms with Crippen LogP contribution in [0.15, 0.2) is 41.3 Å². The van der Waals surface area contributed by atoms with Crippen LogP contribution in [-0.2, 0) is 10.0 Å². The molecule has 0 spiro atoms. The van der Waals surface area contributed by atoms with E-state index in [4.69, 9.17) is 10.9 Å². The fourth-order valence-corrected chi connectivity index (χ4v) is 3.05. The number of nitrogens with one attached hydrogen (secondary N) is 1. The van der Waals surface area contributed by atoms with E-state index in [1.165, 1.54) is 30.3 Å². The number of hydrogen-bond acceptors (Lipinski definition) is 4. The second-order valence-corrected chi connectivity index (χ2v) is 6.89. The maximum absolute atomic E-state index is 12.3. The number of carbonyl (C=O) groups excluding carboxylic acids is 2. The summed E-state index contributed by atoms with van der Waals surface area (Å²) in [6.07, 6.45) is 0. The fraction of sp³-hybridized carbons (Fsp3) is 0.125. The molecule has 2 aromatic carbocycles. The normalized spacial score (nSPS) is 11.1. The number of benzene rings is 2. The lowest BCUT2D eigenvalue weighted by atomic mass is 10.1. The summed E-state index contributed by atoms with van der Waals surface area (Å²) in [4.78, 5) is 23.3. The Morgan fingerprint density at radius 3 is 2.08 bits per heavy atom. The Kier molecular flexibility index (Phi) is 4.72. The van der Waals surface area contributed by atoms with Crippen molar-refractivity contribution in [2.45, 2.75) is 18.7 Å². The van der Waals surface area contributed by atoms with E-state index in [-0.39, 0.29) is 10.5 Å². The lowest BCUT2D eigenvalue weighted by molar-refractivity contribution is 0.0998. The summed E-state index contributed by atoms with van der Waals surface area (Å²) in [5.41, 5.74) is 7.21. The molecule has 0 radical (unpaired) electrons. The first kappa shape index (κ1) is 17.6. The van der Waals surface area contributed by atoms with Crippen LogP contribution in [-0.4, -0.2) is 20.2 Å². The summed E-state index contributed by atoms with van der Waals surface area (Å²) in [5.74, 6) is -1.06. The molecule has 24 heavy (non-hydrogen) atoms. The molecule has 0 atom stereocenters. The molecular weight excluding hydrogens is 330 g/mol. The minimum Gasteiger partial charge on any atom is -0.366 e. The maximum atomic E-state index is 12.3.